The van der Waals surface area contributed by atoms with Crippen LogP contribution in [0.5, 0.6) is 0 Å². The minimum atomic E-state index is -0.250. The third-order valence-corrected chi connectivity index (χ3v) is 2.81. The summed E-state index contributed by atoms with van der Waals surface area (Å²) in [4.78, 5) is 10.9. The molecule has 0 saturated carbocycles. The largest absolute Gasteiger partial charge is 0.483 e. The van der Waals surface area contributed by atoms with Crippen LogP contribution in [0.15, 0.2) is 0 Å². The summed E-state index contributed by atoms with van der Waals surface area (Å²) in [6, 6.07) is 0.654. The summed E-state index contributed by atoms with van der Waals surface area (Å²) in [6.07, 6.45) is 4.94. The number of piperidine rings is 1. The Morgan fingerprint density at radius 1 is 1.44 bits per heavy atom. The van der Waals surface area contributed by atoms with E-state index in [2.05, 4.69) is 18.7 Å². The van der Waals surface area contributed by atoms with Gasteiger partial charge in [0.05, 0.1) is 0 Å². The summed E-state index contributed by atoms with van der Waals surface area (Å²) < 4.78 is 0. The quantitative estimate of drug-likeness (QED) is 0.721. The maximum absolute atomic E-state index is 8.94. The van der Waals surface area contributed by atoms with Crippen LogP contribution < -0.4 is 0 Å². The van der Waals surface area contributed by atoms with Crippen molar-refractivity contribution in [2.24, 2.45) is 5.92 Å². The predicted octanol–water partition coefficient (Wildman–Crippen LogP) is 1.58. The van der Waals surface area contributed by atoms with Gasteiger partial charge in [0.2, 0.25) is 0 Å². The highest BCUT2D eigenvalue weighted by Gasteiger charge is 2.21. The van der Waals surface area contributed by atoms with Gasteiger partial charge in [-0.15, -0.1) is 0 Å². The molecule has 1 atom stereocenters. The van der Waals surface area contributed by atoms with Crippen LogP contribution in [0.1, 0.15) is 39.5 Å². The molecule has 0 aliphatic carbocycles. The van der Waals surface area contributed by atoms with Crippen LogP contribution in [0.3, 0.4) is 0 Å². The number of carboxylic acid groups (broad SMARTS) is 1. The molecule has 0 aromatic rings. The molecule has 96 valence electrons. The lowest BCUT2D eigenvalue weighted by Gasteiger charge is -2.36. The Kier molecular flexibility index (Phi) is 9.24. The second-order valence-electron chi connectivity index (χ2n) is 4.66. The maximum Gasteiger partial charge on any atom is 0.290 e. The molecular formula is C12H25NO3. The van der Waals surface area contributed by atoms with Crippen LogP contribution in [0.4, 0.5) is 0 Å². The second-order valence-corrected chi connectivity index (χ2v) is 4.66. The molecule has 0 bridgehead atoms. The van der Waals surface area contributed by atoms with E-state index in [0.29, 0.717) is 12.6 Å². The van der Waals surface area contributed by atoms with E-state index in [4.69, 9.17) is 15.0 Å². The molecule has 1 aliphatic rings. The lowest BCUT2D eigenvalue weighted by Crippen LogP contribution is -2.42. The molecule has 1 saturated heterocycles. The Hall–Kier alpha value is -0.610. The van der Waals surface area contributed by atoms with Gasteiger partial charge in [-0.05, 0) is 31.7 Å². The molecule has 4 heteroatoms. The molecule has 0 amide bonds. The van der Waals surface area contributed by atoms with Crippen LogP contribution in [0, 0.1) is 5.92 Å². The topological polar surface area (TPSA) is 60.8 Å². The number of aliphatic hydroxyl groups excluding tert-OH is 1. The number of hydrogen-bond donors (Lipinski definition) is 2. The van der Waals surface area contributed by atoms with Gasteiger partial charge in [-0.25, -0.2) is 0 Å². The van der Waals surface area contributed by atoms with Crippen LogP contribution in [0.2, 0.25) is 0 Å². The summed E-state index contributed by atoms with van der Waals surface area (Å²) in [6.45, 7) is 7.07. The first kappa shape index (κ1) is 15.4. The molecule has 0 aromatic heterocycles. The van der Waals surface area contributed by atoms with Crippen molar-refractivity contribution >= 4 is 6.47 Å². The van der Waals surface area contributed by atoms with Gasteiger partial charge in [0.1, 0.15) is 0 Å². The summed E-state index contributed by atoms with van der Waals surface area (Å²) in [5.74, 6) is 0.749. The van der Waals surface area contributed by atoms with E-state index in [9.17, 15) is 0 Å². The Labute approximate surface area is 98.3 Å². The first-order valence-electron chi connectivity index (χ1n) is 6.08. The molecule has 1 aliphatic heterocycles. The van der Waals surface area contributed by atoms with Crippen molar-refractivity contribution in [3.63, 3.8) is 0 Å². The summed E-state index contributed by atoms with van der Waals surface area (Å²) in [5, 5.41) is 15.8. The molecule has 4 nitrogen and oxygen atoms in total. The van der Waals surface area contributed by atoms with Crippen molar-refractivity contribution < 1.29 is 15.0 Å². The standard InChI is InChI=1S/C11H23NO.CH2O2/c1-10(2)9-12-7-4-3-5-11(12)6-8-13;2-1-3/h10-11,13H,3-9H2,1-2H3;1H,(H,2,3). The van der Waals surface area contributed by atoms with Crippen molar-refractivity contribution in [2.45, 2.75) is 45.6 Å². The molecule has 16 heavy (non-hydrogen) atoms. The SMILES string of the molecule is CC(C)CN1CCCCC1CCO.O=CO. The van der Waals surface area contributed by atoms with Gasteiger partial charge in [0.15, 0.2) is 0 Å². The third-order valence-electron chi connectivity index (χ3n) is 2.81. The van der Waals surface area contributed by atoms with E-state index in [1.165, 1.54) is 32.4 Å². The number of nitrogens with zero attached hydrogens (tertiary/aromatic N) is 1. The highest BCUT2D eigenvalue weighted by atomic mass is 16.3. The van der Waals surface area contributed by atoms with E-state index in [-0.39, 0.29) is 6.47 Å². The fraction of sp³-hybridized carbons (Fsp3) is 0.917. The Balaban J connectivity index is 0.000000673. The van der Waals surface area contributed by atoms with Crippen molar-refractivity contribution in [1.82, 2.24) is 4.90 Å². The first-order chi connectivity index (χ1) is 7.65. The van der Waals surface area contributed by atoms with Gasteiger partial charge in [-0.1, -0.05) is 20.3 Å². The zero-order valence-electron chi connectivity index (χ0n) is 10.4. The van der Waals surface area contributed by atoms with E-state index in [0.717, 1.165) is 12.3 Å². The summed E-state index contributed by atoms with van der Waals surface area (Å²) in [7, 11) is 0. The molecule has 0 aromatic carbocycles. The number of hydrogen-bond acceptors (Lipinski definition) is 3. The van der Waals surface area contributed by atoms with Gasteiger partial charge in [-0.3, -0.25) is 4.79 Å². The lowest BCUT2D eigenvalue weighted by atomic mass is 9.98. The number of likely N-dealkylation sites (tertiary alicyclic amines) is 1. The normalized spacial score (nSPS) is 21.4. The summed E-state index contributed by atoms with van der Waals surface area (Å²) in [5.41, 5.74) is 0. The van der Waals surface area contributed by atoms with E-state index in [1.54, 1.807) is 0 Å². The van der Waals surface area contributed by atoms with E-state index in [1.807, 2.05) is 0 Å². The van der Waals surface area contributed by atoms with Crippen LogP contribution >= 0.6 is 0 Å². The molecular weight excluding hydrogens is 206 g/mol. The van der Waals surface area contributed by atoms with Crippen LogP contribution in [-0.4, -0.2) is 47.3 Å². The molecule has 2 N–H and O–H groups in total. The van der Waals surface area contributed by atoms with Crippen molar-refractivity contribution in [2.75, 3.05) is 19.7 Å². The van der Waals surface area contributed by atoms with Gasteiger partial charge < -0.3 is 15.1 Å². The molecule has 1 fully saturated rings. The van der Waals surface area contributed by atoms with Gasteiger partial charge in [0.25, 0.3) is 6.47 Å². The molecule has 0 spiro atoms. The van der Waals surface area contributed by atoms with E-state index < -0.39 is 0 Å². The molecule has 1 rings (SSSR count). The Morgan fingerprint density at radius 2 is 2.06 bits per heavy atom. The molecule has 1 heterocycles. The highest BCUT2D eigenvalue weighted by molar-refractivity contribution is 5.32. The first-order valence-corrected chi connectivity index (χ1v) is 6.08. The smallest absolute Gasteiger partial charge is 0.290 e. The number of aliphatic hydroxyl groups is 1. The van der Waals surface area contributed by atoms with Crippen molar-refractivity contribution in [3.05, 3.63) is 0 Å². The monoisotopic (exact) mass is 231 g/mol. The number of rotatable bonds is 4. The molecule has 1 unspecified atom stereocenters. The van der Waals surface area contributed by atoms with Gasteiger partial charge in [0, 0.05) is 19.2 Å². The highest BCUT2D eigenvalue weighted by Crippen LogP contribution is 2.20. The van der Waals surface area contributed by atoms with Crippen LogP contribution in [0.25, 0.3) is 0 Å². The fourth-order valence-corrected chi connectivity index (χ4v) is 2.25. The summed E-state index contributed by atoms with van der Waals surface area (Å²) >= 11 is 0. The van der Waals surface area contributed by atoms with Gasteiger partial charge >= 0.3 is 0 Å². The Bertz CT molecular complexity index is 172. The second kappa shape index (κ2) is 9.60. The Morgan fingerprint density at radius 3 is 2.56 bits per heavy atom. The minimum absolute atomic E-state index is 0.250. The number of carbonyl (C=O) groups is 1. The van der Waals surface area contributed by atoms with Crippen molar-refractivity contribution in [1.29, 1.82) is 0 Å². The average molecular weight is 231 g/mol. The van der Waals surface area contributed by atoms with Gasteiger partial charge in [-0.2, -0.15) is 0 Å². The molecule has 0 radical (unpaired) electrons. The van der Waals surface area contributed by atoms with Crippen molar-refractivity contribution in [3.8, 4) is 0 Å². The zero-order chi connectivity index (χ0) is 12.4. The maximum atomic E-state index is 8.94. The predicted molar refractivity (Wildman–Crippen MR) is 64.4 cm³/mol. The average Bonchev–Trinajstić information content (AvgIpc) is 2.22. The van der Waals surface area contributed by atoms with Crippen LogP contribution in [-0.2, 0) is 4.79 Å². The fourth-order valence-electron chi connectivity index (χ4n) is 2.25. The minimum Gasteiger partial charge on any atom is -0.483 e. The third kappa shape index (κ3) is 6.80. The lowest BCUT2D eigenvalue weighted by molar-refractivity contribution is -0.122. The van der Waals surface area contributed by atoms with E-state index >= 15 is 0 Å². The zero-order valence-corrected chi connectivity index (χ0v) is 10.4.